The quantitative estimate of drug-likeness (QED) is 0.640. The first-order valence-electron chi connectivity index (χ1n) is 4.21. The van der Waals surface area contributed by atoms with Crippen molar-refractivity contribution in [1.29, 1.82) is 0 Å². The molecule has 0 fully saturated rings. The van der Waals surface area contributed by atoms with E-state index in [0.717, 1.165) is 23.9 Å². The van der Waals surface area contributed by atoms with Crippen LogP contribution >= 0.6 is 27.3 Å². The average molecular weight is 262 g/mol. The number of amides is 1. The van der Waals surface area contributed by atoms with E-state index < -0.39 is 0 Å². The van der Waals surface area contributed by atoms with Crippen LogP contribution in [0.15, 0.2) is 16.8 Å². The van der Waals surface area contributed by atoms with Crippen LogP contribution in [-0.4, -0.2) is 11.2 Å². The molecular formula is C9H12BrNOS. The van der Waals surface area contributed by atoms with Crippen molar-refractivity contribution in [1.82, 2.24) is 0 Å². The number of halogens is 1. The average Bonchev–Trinajstić information content (AvgIpc) is 2.57. The van der Waals surface area contributed by atoms with Gasteiger partial charge in [-0.05, 0) is 24.3 Å². The highest BCUT2D eigenvalue weighted by Crippen LogP contribution is 2.12. The number of hydrogen-bond acceptors (Lipinski definition) is 2. The second-order valence-corrected chi connectivity index (χ2v) is 4.28. The van der Waals surface area contributed by atoms with Crippen LogP contribution in [0.5, 0.6) is 0 Å². The Bertz CT molecular complexity index is 248. The van der Waals surface area contributed by atoms with Crippen molar-refractivity contribution in [3.05, 3.63) is 16.8 Å². The molecule has 0 radical (unpaired) electrons. The molecule has 0 aliphatic heterocycles. The Morgan fingerprint density at radius 3 is 3.00 bits per heavy atom. The Hall–Kier alpha value is -0.350. The van der Waals surface area contributed by atoms with Crippen LogP contribution in [0.4, 0.5) is 5.69 Å². The third-order valence-electron chi connectivity index (χ3n) is 1.59. The van der Waals surface area contributed by atoms with E-state index in [2.05, 4.69) is 21.2 Å². The zero-order valence-corrected chi connectivity index (χ0v) is 9.66. The fourth-order valence-electron chi connectivity index (χ4n) is 0.939. The van der Waals surface area contributed by atoms with Crippen LogP contribution in [0.1, 0.15) is 19.3 Å². The van der Waals surface area contributed by atoms with Gasteiger partial charge in [0, 0.05) is 17.1 Å². The molecular weight excluding hydrogens is 250 g/mol. The van der Waals surface area contributed by atoms with Crippen LogP contribution in [0.2, 0.25) is 0 Å². The molecule has 0 atom stereocenters. The number of alkyl halides is 1. The highest BCUT2D eigenvalue weighted by atomic mass is 79.9. The molecule has 1 aromatic rings. The van der Waals surface area contributed by atoms with Crippen LogP contribution in [0.25, 0.3) is 0 Å². The van der Waals surface area contributed by atoms with Gasteiger partial charge in [-0.2, -0.15) is 11.3 Å². The molecule has 1 rings (SSSR count). The van der Waals surface area contributed by atoms with Crippen molar-refractivity contribution in [2.24, 2.45) is 0 Å². The van der Waals surface area contributed by atoms with Crippen LogP contribution in [0.3, 0.4) is 0 Å². The predicted molar refractivity (Wildman–Crippen MR) is 60.6 cm³/mol. The molecule has 0 unspecified atom stereocenters. The van der Waals surface area contributed by atoms with E-state index in [1.165, 1.54) is 0 Å². The molecule has 0 saturated heterocycles. The lowest BCUT2D eigenvalue weighted by atomic mass is 10.2. The van der Waals surface area contributed by atoms with E-state index in [4.69, 9.17) is 0 Å². The van der Waals surface area contributed by atoms with Gasteiger partial charge in [0.15, 0.2) is 0 Å². The summed E-state index contributed by atoms with van der Waals surface area (Å²) < 4.78 is 0. The molecule has 1 N–H and O–H groups in total. The van der Waals surface area contributed by atoms with Crippen LogP contribution < -0.4 is 5.32 Å². The zero-order valence-electron chi connectivity index (χ0n) is 7.25. The van der Waals surface area contributed by atoms with Crippen molar-refractivity contribution in [3.8, 4) is 0 Å². The summed E-state index contributed by atoms with van der Waals surface area (Å²) in [6, 6.07) is 1.91. The lowest BCUT2D eigenvalue weighted by Crippen LogP contribution is -2.10. The van der Waals surface area contributed by atoms with Gasteiger partial charge in [0.25, 0.3) is 0 Å². The van der Waals surface area contributed by atoms with Crippen molar-refractivity contribution in [2.45, 2.75) is 19.3 Å². The maximum absolute atomic E-state index is 11.3. The fourth-order valence-corrected chi connectivity index (χ4v) is 1.92. The number of nitrogens with one attached hydrogen (secondary N) is 1. The molecule has 1 aromatic heterocycles. The first-order chi connectivity index (χ1) is 6.33. The number of rotatable bonds is 5. The van der Waals surface area contributed by atoms with Crippen LogP contribution in [-0.2, 0) is 4.79 Å². The van der Waals surface area contributed by atoms with Crippen molar-refractivity contribution in [3.63, 3.8) is 0 Å². The normalized spacial score (nSPS) is 9.92. The van der Waals surface area contributed by atoms with Crippen LogP contribution in [0, 0.1) is 0 Å². The molecule has 1 amide bonds. The van der Waals surface area contributed by atoms with E-state index in [1.54, 1.807) is 11.3 Å². The summed E-state index contributed by atoms with van der Waals surface area (Å²) in [4.78, 5) is 11.3. The summed E-state index contributed by atoms with van der Waals surface area (Å²) in [7, 11) is 0. The van der Waals surface area contributed by atoms with Gasteiger partial charge >= 0.3 is 0 Å². The molecule has 2 nitrogen and oxygen atoms in total. The summed E-state index contributed by atoms with van der Waals surface area (Å²) in [6.45, 7) is 0. The summed E-state index contributed by atoms with van der Waals surface area (Å²) in [5.74, 6) is 0.111. The molecule has 0 aliphatic carbocycles. The number of anilines is 1. The summed E-state index contributed by atoms with van der Waals surface area (Å²) in [5.41, 5.74) is 0.911. The standard InChI is InChI=1S/C9H12BrNOS/c10-5-2-1-3-9(12)11-8-4-6-13-7-8/h4,6-7H,1-3,5H2,(H,11,12). The van der Waals surface area contributed by atoms with Gasteiger partial charge in [0.1, 0.15) is 0 Å². The third kappa shape index (κ3) is 4.43. The van der Waals surface area contributed by atoms with Gasteiger partial charge in [0.05, 0.1) is 5.69 Å². The Labute approximate surface area is 90.5 Å². The molecule has 0 aliphatic rings. The molecule has 0 bridgehead atoms. The Balaban J connectivity index is 2.18. The highest BCUT2D eigenvalue weighted by molar-refractivity contribution is 9.09. The minimum Gasteiger partial charge on any atom is -0.325 e. The molecule has 0 spiro atoms. The van der Waals surface area contributed by atoms with Gasteiger partial charge in [-0.3, -0.25) is 4.79 Å². The van der Waals surface area contributed by atoms with Crippen molar-refractivity contribution >= 4 is 38.9 Å². The number of hydrogen-bond donors (Lipinski definition) is 1. The summed E-state index contributed by atoms with van der Waals surface area (Å²) in [5, 5.41) is 7.69. The second-order valence-electron chi connectivity index (χ2n) is 2.71. The lowest BCUT2D eigenvalue weighted by molar-refractivity contribution is -0.116. The number of thiophene rings is 1. The van der Waals surface area contributed by atoms with Gasteiger partial charge in [-0.15, -0.1) is 0 Å². The third-order valence-corrected chi connectivity index (χ3v) is 2.84. The Kier molecular flexibility index (Phi) is 5.08. The second kappa shape index (κ2) is 6.16. The fraction of sp³-hybridized carbons (Fsp3) is 0.444. The number of unbranched alkanes of at least 4 members (excludes halogenated alkanes) is 1. The SMILES string of the molecule is O=C(CCCCBr)Nc1ccsc1. The first kappa shape index (κ1) is 10.7. The number of carbonyl (C=O) groups excluding carboxylic acids is 1. The Morgan fingerprint density at radius 2 is 2.38 bits per heavy atom. The molecule has 1 heterocycles. The first-order valence-corrected chi connectivity index (χ1v) is 6.27. The topological polar surface area (TPSA) is 29.1 Å². The maximum atomic E-state index is 11.3. The Morgan fingerprint density at radius 1 is 1.54 bits per heavy atom. The number of carbonyl (C=O) groups is 1. The van der Waals surface area contributed by atoms with Crippen molar-refractivity contribution in [2.75, 3.05) is 10.6 Å². The zero-order chi connectivity index (χ0) is 9.52. The van der Waals surface area contributed by atoms with E-state index in [1.807, 2.05) is 16.8 Å². The largest absolute Gasteiger partial charge is 0.325 e. The van der Waals surface area contributed by atoms with Gasteiger partial charge in [0.2, 0.25) is 5.91 Å². The summed E-state index contributed by atoms with van der Waals surface area (Å²) >= 11 is 4.92. The lowest BCUT2D eigenvalue weighted by Gasteiger charge is -2.00. The molecule has 4 heteroatoms. The minimum absolute atomic E-state index is 0.111. The van der Waals surface area contributed by atoms with E-state index in [0.29, 0.717) is 6.42 Å². The minimum atomic E-state index is 0.111. The molecule has 0 aromatic carbocycles. The van der Waals surface area contributed by atoms with Gasteiger partial charge in [-0.25, -0.2) is 0 Å². The van der Waals surface area contributed by atoms with E-state index in [-0.39, 0.29) is 5.91 Å². The highest BCUT2D eigenvalue weighted by Gasteiger charge is 2.01. The van der Waals surface area contributed by atoms with E-state index in [9.17, 15) is 4.79 Å². The summed E-state index contributed by atoms with van der Waals surface area (Å²) in [6.07, 6.45) is 2.61. The smallest absolute Gasteiger partial charge is 0.224 e. The maximum Gasteiger partial charge on any atom is 0.224 e. The molecule has 72 valence electrons. The monoisotopic (exact) mass is 261 g/mol. The molecule has 13 heavy (non-hydrogen) atoms. The molecule has 0 saturated carbocycles. The predicted octanol–water partition coefficient (Wildman–Crippen LogP) is 3.25. The van der Waals surface area contributed by atoms with Gasteiger partial charge < -0.3 is 5.32 Å². The van der Waals surface area contributed by atoms with Crippen molar-refractivity contribution < 1.29 is 4.79 Å². The van der Waals surface area contributed by atoms with E-state index >= 15 is 0 Å². The van der Waals surface area contributed by atoms with Gasteiger partial charge in [-0.1, -0.05) is 15.9 Å².